The smallest absolute Gasteiger partial charge is 0.261 e. The summed E-state index contributed by atoms with van der Waals surface area (Å²) < 4.78 is 18.8. The molecular weight excluding hydrogens is 305 g/mol. The zero-order valence-corrected chi connectivity index (χ0v) is 13.1. The summed E-state index contributed by atoms with van der Waals surface area (Å²) in [6, 6.07) is 3.62. The van der Waals surface area contributed by atoms with Gasteiger partial charge in [0.2, 0.25) is 0 Å². The fourth-order valence-corrected chi connectivity index (χ4v) is 3.36. The standard InChI is InChI=1S/C15H18FN3O2S/c1-10-11(6-18-21-10)8-19-9-12(16)5-13(19)7-17-15(20)14-3-2-4-22-14/h2-4,6,12-13H,5,7-9H2,1H3,(H,17,20)/t12-,13-/m0/s1. The van der Waals surface area contributed by atoms with Crippen molar-refractivity contribution in [2.45, 2.75) is 32.1 Å². The molecule has 0 aromatic carbocycles. The molecule has 0 saturated carbocycles. The Kier molecular flexibility index (Phi) is 4.54. The van der Waals surface area contributed by atoms with Crippen LogP contribution in [0.3, 0.4) is 0 Å². The van der Waals surface area contributed by atoms with Crippen LogP contribution < -0.4 is 5.32 Å². The van der Waals surface area contributed by atoms with Gasteiger partial charge in [0.25, 0.3) is 5.91 Å². The predicted molar refractivity (Wildman–Crippen MR) is 81.6 cm³/mol. The Hall–Kier alpha value is -1.73. The Labute approximate surface area is 132 Å². The number of nitrogens with one attached hydrogen (secondary N) is 1. The van der Waals surface area contributed by atoms with E-state index in [9.17, 15) is 9.18 Å². The molecule has 0 spiro atoms. The Morgan fingerprint density at radius 1 is 1.64 bits per heavy atom. The molecule has 118 valence electrons. The van der Waals surface area contributed by atoms with E-state index in [-0.39, 0.29) is 11.9 Å². The Bertz CT molecular complexity index is 629. The van der Waals surface area contributed by atoms with E-state index in [0.717, 1.165) is 11.3 Å². The van der Waals surface area contributed by atoms with Gasteiger partial charge >= 0.3 is 0 Å². The van der Waals surface area contributed by atoms with Gasteiger partial charge in [0, 0.05) is 31.2 Å². The minimum absolute atomic E-state index is 0.00628. The normalized spacial score (nSPS) is 22.1. The van der Waals surface area contributed by atoms with Crippen molar-refractivity contribution in [1.29, 1.82) is 0 Å². The number of rotatable bonds is 5. The number of aryl methyl sites for hydroxylation is 1. The van der Waals surface area contributed by atoms with Crippen LogP contribution in [0.5, 0.6) is 0 Å². The summed E-state index contributed by atoms with van der Waals surface area (Å²) >= 11 is 1.40. The summed E-state index contributed by atoms with van der Waals surface area (Å²) in [5.41, 5.74) is 0.962. The summed E-state index contributed by atoms with van der Waals surface area (Å²) in [6.45, 7) is 3.26. The molecular formula is C15H18FN3O2S. The summed E-state index contributed by atoms with van der Waals surface area (Å²) in [5.74, 6) is 0.655. The van der Waals surface area contributed by atoms with Crippen LogP contribution in [-0.2, 0) is 6.54 Å². The number of amides is 1. The van der Waals surface area contributed by atoms with Gasteiger partial charge in [-0.05, 0) is 24.8 Å². The van der Waals surface area contributed by atoms with Crippen LogP contribution in [0.25, 0.3) is 0 Å². The van der Waals surface area contributed by atoms with E-state index >= 15 is 0 Å². The topological polar surface area (TPSA) is 58.4 Å². The fraction of sp³-hybridized carbons (Fsp3) is 0.467. The minimum atomic E-state index is -0.858. The molecule has 2 aromatic rings. The maximum Gasteiger partial charge on any atom is 0.261 e. The van der Waals surface area contributed by atoms with Crippen LogP contribution >= 0.6 is 11.3 Å². The van der Waals surface area contributed by atoms with E-state index < -0.39 is 6.17 Å². The average Bonchev–Trinajstić information content (AvgIpc) is 3.20. The van der Waals surface area contributed by atoms with Crippen molar-refractivity contribution in [2.75, 3.05) is 13.1 Å². The summed E-state index contributed by atoms with van der Waals surface area (Å²) in [4.78, 5) is 14.7. The third kappa shape index (κ3) is 3.36. The lowest BCUT2D eigenvalue weighted by atomic mass is 10.2. The highest BCUT2D eigenvalue weighted by Crippen LogP contribution is 2.23. The SMILES string of the molecule is Cc1oncc1CN1C[C@@H](F)C[C@H]1CNC(=O)c1cccs1. The van der Waals surface area contributed by atoms with Crippen LogP contribution in [0, 0.1) is 6.92 Å². The highest BCUT2D eigenvalue weighted by atomic mass is 32.1. The summed E-state index contributed by atoms with van der Waals surface area (Å²) in [7, 11) is 0. The Balaban J connectivity index is 1.59. The zero-order valence-electron chi connectivity index (χ0n) is 12.3. The molecule has 2 atom stereocenters. The first-order valence-electron chi connectivity index (χ1n) is 7.23. The van der Waals surface area contributed by atoms with Gasteiger partial charge in [0.1, 0.15) is 11.9 Å². The lowest BCUT2D eigenvalue weighted by Gasteiger charge is -2.23. The third-order valence-electron chi connectivity index (χ3n) is 3.94. The molecule has 1 saturated heterocycles. The van der Waals surface area contributed by atoms with Crippen molar-refractivity contribution in [1.82, 2.24) is 15.4 Å². The molecule has 1 N–H and O–H groups in total. The molecule has 3 rings (SSSR count). The summed E-state index contributed by atoms with van der Waals surface area (Å²) in [6.07, 6.45) is 1.25. The van der Waals surface area contributed by atoms with Gasteiger partial charge in [-0.2, -0.15) is 0 Å². The number of hydrogen-bond acceptors (Lipinski definition) is 5. The molecule has 2 aromatic heterocycles. The number of likely N-dealkylation sites (tertiary alicyclic amines) is 1. The van der Waals surface area contributed by atoms with E-state index in [4.69, 9.17) is 4.52 Å². The van der Waals surface area contributed by atoms with Gasteiger partial charge in [-0.3, -0.25) is 9.69 Å². The molecule has 1 amide bonds. The number of nitrogens with zero attached hydrogens (tertiary/aromatic N) is 2. The second-order valence-electron chi connectivity index (χ2n) is 5.51. The third-order valence-corrected chi connectivity index (χ3v) is 4.81. The molecule has 3 heterocycles. The van der Waals surface area contributed by atoms with Gasteiger partial charge in [-0.15, -0.1) is 11.3 Å². The molecule has 1 aliphatic heterocycles. The second-order valence-corrected chi connectivity index (χ2v) is 6.46. The van der Waals surface area contributed by atoms with Gasteiger partial charge in [0.05, 0.1) is 11.1 Å². The molecule has 5 nitrogen and oxygen atoms in total. The first-order chi connectivity index (χ1) is 10.6. The summed E-state index contributed by atoms with van der Waals surface area (Å²) in [5, 5.41) is 8.51. The zero-order chi connectivity index (χ0) is 15.5. The van der Waals surface area contributed by atoms with Crippen molar-refractivity contribution >= 4 is 17.2 Å². The van der Waals surface area contributed by atoms with E-state index in [0.29, 0.717) is 30.9 Å². The van der Waals surface area contributed by atoms with E-state index in [1.807, 2.05) is 23.3 Å². The number of carbonyl (C=O) groups is 1. The van der Waals surface area contributed by atoms with Crippen molar-refractivity contribution < 1.29 is 13.7 Å². The molecule has 1 aliphatic rings. The number of halogens is 1. The minimum Gasteiger partial charge on any atom is -0.361 e. The Morgan fingerprint density at radius 3 is 3.18 bits per heavy atom. The van der Waals surface area contributed by atoms with Crippen molar-refractivity contribution in [3.8, 4) is 0 Å². The number of thiophene rings is 1. The highest BCUT2D eigenvalue weighted by Gasteiger charge is 2.32. The van der Waals surface area contributed by atoms with Crippen molar-refractivity contribution in [2.24, 2.45) is 0 Å². The first-order valence-corrected chi connectivity index (χ1v) is 8.11. The number of hydrogen-bond donors (Lipinski definition) is 1. The lowest BCUT2D eigenvalue weighted by Crippen LogP contribution is -2.39. The molecule has 0 aliphatic carbocycles. The molecule has 0 unspecified atom stereocenters. The quantitative estimate of drug-likeness (QED) is 0.918. The first kappa shape index (κ1) is 15.2. The van der Waals surface area contributed by atoms with Crippen LogP contribution in [-0.4, -0.2) is 41.3 Å². The van der Waals surface area contributed by atoms with E-state index in [2.05, 4.69) is 10.5 Å². The second kappa shape index (κ2) is 6.58. The molecule has 1 fully saturated rings. The van der Waals surface area contributed by atoms with Gasteiger partial charge in [0.15, 0.2) is 0 Å². The largest absolute Gasteiger partial charge is 0.361 e. The molecule has 0 radical (unpaired) electrons. The molecule has 0 bridgehead atoms. The van der Waals surface area contributed by atoms with Crippen molar-refractivity contribution in [3.05, 3.63) is 39.9 Å². The average molecular weight is 323 g/mol. The number of carbonyl (C=O) groups excluding carboxylic acids is 1. The highest BCUT2D eigenvalue weighted by molar-refractivity contribution is 7.12. The Morgan fingerprint density at radius 2 is 2.50 bits per heavy atom. The monoisotopic (exact) mass is 323 g/mol. The molecule has 7 heteroatoms. The number of alkyl halides is 1. The van der Waals surface area contributed by atoms with Gasteiger partial charge < -0.3 is 9.84 Å². The maximum absolute atomic E-state index is 13.8. The van der Waals surface area contributed by atoms with Crippen LogP contribution in [0.2, 0.25) is 0 Å². The predicted octanol–water partition coefficient (Wildman–Crippen LogP) is 2.39. The van der Waals surface area contributed by atoms with Crippen molar-refractivity contribution in [3.63, 3.8) is 0 Å². The fourth-order valence-electron chi connectivity index (χ4n) is 2.72. The lowest BCUT2D eigenvalue weighted by molar-refractivity contribution is 0.0944. The van der Waals surface area contributed by atoms with Gasteiger partial charge in [-0.1, -0.05) is 11.2 Å². The van der Waals surface area contributed by atoms with E-state index in [1.54, 1.807) is 12.3 Å². The van der Waals surface area contributed by atoms with Crippen LogP contribution in [0.1, 0.15) is 27.4 Å². The molecule has 22 heavy (non-hydrogen) atoms. The van der Waals surface area contributed by atoms with Gasteiger partial charge in [-0.25, -0.2) is 4.39 Å². The van der Waals surface area contributed by atoms with E-state index in [1.165, 1.54) is 11.3 Å². The van der Waals surface area contributed by atoms with Crippen LogP contribution in [0.15, 0.2) is 28.2 Å². The number of aromatic nitrogens is 1. The maximum atomic E-state index is 13.8. The van der Waals surface area contributed by atoms with Crippen LogP contribution in [0.4, 0.5) is 4.39 Å².